The van der Waals surface area contributed by atoms with E-state index in [4.69, 9.17) is 0 Å². The molecule has 2 rings (SSSR count). The van der Waals surface area contributed by atoms with Crippen LogP contribution in [0.2, 0.25) is 0 Å². The highest BCUT2D eigenvalue weighted by Crippen LogP contribution is 2.18. The molecule has 2 aromatic rings. The molecule has 0 aliphatic rings. The number of hydrogen-bond acceptors (Lipinski definition) is 2. The van der Waals surface area contributed by atoms with E-state index in [9.17, 15) is 18.0 Å². The van der Waals surface area contributed by atoms with Crippen LogP contribution in [0, 0.1) is 17.5 Å². The van der Waals surface area contributed by atoms with Crippen LogP contribution < -0.4 is 5.32 Å². The Balaban J connectivity index is 1.73. The number of nitrogens with one attached hydrogen (secondary N) is 1. The fourth-order valence-corrected chi connectivity index (χ4v) is 2.62. The number of amides is 1. The number of carbonyl (C=O) groups is 1. The van der Waals surface area contributed by atoms with Crippen LogP contribution in [0.15, 0.2) is 47.4 Å². The van der Waals surface area contributed by atoms with E-state index in [1.165, 1.54) is 36.0 Å². The van der Waals surface area contributed by atoms with Crippen molar-refractivity contribution in [1.29, 1.82) is 0 Å². The molecule has 1 N–H and O–H groups in total. The quantitative estimate of drug-likeness (QED) is 0.642. The first-order valence-electron chi connectivity index (χ1n) is 6.68. The SMILES string of the molecule is O=C(NCCCSc1ccc(F)cc1)c1cccc(F)c1F. The van der Waals surface area contributed by atoms with Gasteiger partial charge in [0.05, 0.1) is 5.56 Å². The molecule has 0 saturated heterocycles. The first kappa shape index (κ1) is 16.4. The van der Waals surface area contributed by atoms with Gasteiger partial charge in [-0.05, 0) is 48.6 Å². The Morgan fingerprint density at radius 3 is 2.50 bits per heavy atom. The molecule has 0 spiro atoms. The van der Waals surface area contributed by atoms with Crippen LogP contribution in [0.4, 0.5) is 13.2 Å². The van der Waals surface area contributed by atoms with Crippen molar-refractivity contribution in [2.75, 3.05) is 12.3 Å². The monoisotopic (exact) mass is 325 g/mol. The number of halogens is 3. The summed E-state index contributed by atoms with van der Waals surface area (Å²) in [6, 6.07) is 9.62. The summed E-state index contributed by atoms with van der Waals surface area (Å²) in [5.74, 6) is -2.38. The second-order valence-corrected chi connectivity index (χ2v) is 5.68. The molecular formula is C16H14F3NOS. The molecule has 2 aromatic carbocycles. The molecule has 0 fully saturated rings. The van der Waals surface area contributed by atoms with E-state index in [1.807, 2.05) is 0 Å². The van der Waals surface area contributed by atoms with Crippen LogP contribution in [0.5, 0.6) is 0 Å². The van der Waals surface area contributed by atoms with Gasteiger partial charge >= 0.3 is 0 Å². The maximum atomic E-state index is 13.4. The highest BCUT2D eigenvalue weighted by atomic mass is 32.2. The third-order valence-corrected chi connectivity index (χ3v) is 3.98. The van der Waals surface area contributed by atoms with Crippen molar-refractivity contribution < 1.29 is 18.0 Å². The predicted octanol–water partition coefficient (Wildman–Crippen LogP) is 4.02. The third kappa shape index (κ3) is 4.53. The van der Waals surface area contributed by atoms with Crippen LogP contribution in [0.25, 0.3) is 0 Å². The standard InChI is InChI=1S/C16H14F3NOS/c17-11-5-7-12(8-6-11)22-10-2-9-20-16(21)13-3-1-4-14(18)15(13)19/h1,3-8H,2,9-10H2,(H,20,21). The Bertz CT molecular complexity index is 646. The molecule has 1 amide bonds. The van der Waals surface area contributed by atoms with E-state index < -0.39 is 17.5 Å². The fourth-order valence-electron chi connectivity index (χ4n) is 1.77. The summed E-state index contributed by atoms with van der Waals surface area (Å²) in [6.45, 7) is 0.350. The van der Waals surface area contributed by atoms with Crippen molar-refractivity contribution in [3.63, 3.8) is 0 Å². The lowest BCUT2D eigenvalue weighted by molar-refractivity contribution is 0.0948. The number of carbonyl (C=O) groups excluding carboxylic acids is 1. The summed E-state index contributed by atoms with van der Waals surface area (Å²) < 4.78 is 39.2. The highest BCUT2D eigenvalue weighted by molar-refractivity contribution is 7.99. The minimum absolute atomic E-state index is 0.284. The van der Waals surface area contributed by atoms with Gasteiger partial charge in [-0.2, -0.15) is 0 Å². The van der Waals surface area contributed by atoms with Gasteiger partial charge in [0.15, 0.2) is 11.6 Å². The summed E-state index contributed by atoms with van der Waals surface area (Å²) in [6.07, 6.45) is 0.657. The maximum Gasteiger partial charge on any atom is 0.254 e. The van der Waals surface area contributed by atoms with Gasteiger partial charge < -0.3 is 5.32 Å². The Hall–Kier alpha value is -1.95. The van der Waals surface area contributed by atoms with Crippen LogP contribution in [0.3, 0.4) is 0 Å². The van der Waals surface area contributed by atoms with Crippen molar-refractivity contribution in [3.05, 3.63) is 65.5 Å². The summed E-state index contributed by atoms with van der Waals surface area (Å²) in [4.78, 5) is 12.7. The largest absolute Gasteiger partial charge is 0.352 e. The lowest BCUT2D eigenvalue weighted by atomic mass is 10.2. The van der Waals surface area contributed by atoms with E-state index in [0.29, 0.717) is 13.0 Å². The molecule has 0 radical (unpaired) electrons. The zero-order valence-corrected chi connectivity index (χ0v) is 12.4. The van der Waals surface area contributed by atoms with Crippen LogP contribution in [0.1, 0.15) is 16.8 Å². The van der Waals surface area contributed by atoms with Gasteiger partial charge in [-0.3, -0.25) is 4.79 Å². The molecule has 0 saturated carbocycles. The van der Waals surface area contributed by atoms with Gasteiger partial charge in [0, 0.05) is 11.4 Å². The Morgan fingerprint density at radius 2 is 1.77 bits per heavy atom. The smallest absolute Gasteiger partial charge is 0.254 e. The third-order valence-electron chi connectivity index (χ3n) is 2.89. The summed E-state index contributed by atoms with van der Waals surface area (Å²) in [5.41, 5.74) is -0.300. The normalized spacial score (nSPS) is 10.5. The minimum atomic E-state index is -1.14. The van der Waals surface area contributed by atoms with Crippen molar-refractivity contribution in [1.82, 2.24) is 5.32 Å². The number of rotatable bonds is 6. The molecule has 0 aliphatic heterocycles. The molecular weight excluding hydrogens is 311 g/mol. The first-order chi connectivity index (χ1) is 10.6. The summed E-state index contributed by atoms with van der Waals surface area (Å²) in [5, 5.41) is 2.54. The van der Waals surface area contributed by atoms with E-state index in [1.54, 1.807) is 12.1 Å². The van der Waals surface area contributed by atoms with Gasteiger partial charge in [0.1, 0.15) is 5.82 Å². The predicted molar refractivity (Wildman–Crippen MR) is 80.4 cm³/mol. The second kappa shape index (κ2) is 7.89. The van der Waals surface area contributed by atoms with Gasteiger partial charge in [0.2, 0.25) is 0 Å². The minimum Gasteiger partial charge on any atom is -0.352 e. The molecule has 116 valence electrons. The molecule has 0 atom stereocenters. The Morgan fingerprint density at radius 1 is 1.05 bits per heavy atom. The molecule has 0 heterocycles. The van der Waals surface area contributed by atoms with Crippen molar-refractivity contribution in [3.8, 4) is 0 Å². The lowest BCUT2D eigenvalue weighted by Crippen LogP contribution is -2.26. The molecule has 0 aliphatic carbocycles. The summed E-state index contributed by atoms with van der Waals surface area (Å²) >= 11 is 1.53. The van der Waals surface area contributed by atoms with E-state index in [2.05, 4.69) is 5.32 Å². The zero-order chi connectivity index (χ0) is 15.9. The van der Waals surface area contributed by atoms with Gasteiger partial charge in [-0.15, -0.1) is 11.8 Å². The van der Waals surface area contributed by atoms with Gasteiger partial charge in [-0.25, -0.2) is 13.2 Å². The number of thioether (sulfide) groups is 1. The summed E-state index contributed by atoms with van der Waals surface area (Å²) in [7, 11) is 0. The van der Waals surface area contributed by atoms with E-state index in [-0.39, 0.29) is 11.4 Å². The molecule has 0 bridgehead atoms. The Labute approximate surface area is 130 Å². The lowest BCUT2D eigenvalue weighted by Gasteiger charge is -2.06. The van der Waals surface area contributed by atoms with Gasteiger partial charge in [0.25, 0.3) is 5.91 Å². The van der Waals surface area contributed by atoms with Gasteiger partial charge in [-0.1, -0.05) is 6.07 Å². The van der Waals surface area contributed by atoms with Crippen molar-refractivity contribution in [2.45, 2.75) is 11.3 Å². The van der Waals surface area contributed by atoms with Crippen molar-refractivity contribution >= 4 is 17.7 Å². The number of benzene rings is 2. The first-order valence-corrected chi connectivity index (χ1v) is 7.67. The fraction of sp³-hybridized carbons (Fsp3) is 0.188. The average molecular weight is 325 g/mol. The average Bonchev–Trinajstić information content (AvgIpc) is 2.51. The van der Waals surface area contributed by atoms with Crippen LogP contribution in [-0.4, -0.2) is 18.2 Å². The number of hydrogen-bond donors (Lipinski definition) is 1. The zero-order valence-electron chi connectivity index (χ0n) is 11.6. The molecule has 0 aromatic heterocycles. The highest BCUT2D eigenvalue weighted by Gasteiger charge is 2.14. The maximum absolute atomic E-state index is 13.4. The topological polar surface area (TPSA) is 29.1 Å². The molecule has 0 unspecified atom stereocenters. The van der Waals surface area contributed by atoms with Crippen LogP contribution >= 0.6 is 11.8 Å². The second-order valence-electron chi connectivity index (χ2n) is 4.51. The van der Waals surface area contributed by atoms with E-state index in [0.717, 1.165) is 16.7 Å². The van der Waals surface area contributed by atoms with Crippen molar-refractivity contribution in [2.24, 2.45) is 0 Å². The molecule has 2 nitrogen and oxygen atoms in total. The Kier molecular flexibility index (Phi) is 5.89. The molecule has 6 heteroatoms. The van der Waals surface area contributed by atoms with E-state index >= 15 is 0 Å². The molecule has 22 heavy (non-hydrogen) atoms. The van der Waals surface area contributed by atoms with Crippen LogP contribution in [-0.2, 0) is 0 Å².